The summed E-state index contributed by atoms with van der Waals surface area (Å²) in [5, 5.41) is 0. The number of methoxy groups -OCH3 is 2. The molecule has 5 nitrogen and oxygen atoms in total. The van der Waals surface area contributed by atoms with E-state index in [2.05, 4.69) is 11.8 Å². The Morgan fingerprint density at radius 2 is 1.88 bits per heavy atom. The predicted octanol–water partition coefficient (Wildman–Crippen LogP) is 0.852. The van der Waals surface area contributed by atoms with E-state index >= 15 is 0 Å². The van der Waals surface area contributed by atoms with Crippen LogP contribution in [0, 0.1) is 6.92 Å². The van der Waals surface area contributed by atoms with E-state index in [1.807, 2.05) is 0 Å². The van der Waals surface area contributed by atoms with Crippen LogP contribution in [0.25, 0.3) is 0 Å². The van der Waals surface area contributed by atoms with Crippen molar-refractivity contribution in [1.82, 2.24) is 4.90 Å². The molecule has 0 aromatic carbocycles. The molecule has 0 bridgehead atoms. The van der Waals surface area contributed by atoms with E-state index in [9.17, 15) is 0 Å². The van der Waals surface area contributed by atoms with Crippen LogP contribution in [0.5, 0.6) is 0 Å². The van der Waals surface area contributed by atoms with Crippen LogP contribution in [0.1, 0.15) is 12.8 Å². The first kappa shape index (κ1) is 13.9. The molecule has 1 aliphatic rings. The van der Waals surface area contributed by atoms with Crippen molar-refractivity contribution in [2.24, 2.45) is 0 Å². The molecular weight excluding hydrogens is 210 g/mol. The first-order valence-corrected chi connectivity index (χ1v) is 5.56. The summed E-state index contributed by atoms with van der Waals surface area (Å²) in [6, 6.07) is 0. The zero-order valence-electron chi connectivity index (χ0n) is 10.2. The maximum atomic E-state index is 5.59. The van der Waals surface area contributed by atoms with Gasteiger partial charge in [-0.05, 0) is 13.3 Å². The van der Waals surface area contributed by atoms with Gasteiger partial charge in [0, 0.05) is 33.7 Å². The molecular formula is C11H22NO4. The van der Waals surface area contributed by atoms with Crippen LogP contribution >= 0.6 is 0 Å². The van der Waals surface area contributed by atoms with Gasteiger partial charge in [0.25, 0.3) is 0 Å². The standard InChI is InChI=1S/C11H22NO4/c1-4-12-6-5-10(15-8-13-2)7-11(12)16-9-14-3/h10-11H,1,4-9H2,2-3H3. The van der Waals surface area contributed by atoms with Gasteiger partial charge in [-0.1, -0.05) is 0 Å². The van der Waals surface area contributed by atoms with Gasteiger partial charge >= 0.3 is 0 Å². The van der Waals surface area contributed by atoms with Gasteiger partial charge < -0.3 is 18.9 Å². The molecule has 0 spiro atoms. The molecule has 2 unspecified atom stereocenters. The fraction of sp³-hybridized carbons (Fsp3) is 0.909. The Morgan fingerprint density at radius 3 is 2.50 bits per heavy atom. The van der Waals surface area contributed by atoms with Crippen LogP contribution in [-0.4, -0.2) is 58.1 Å². The van der Waals surface area contributed by atoms with Crippen molar-refractivity contribution in [3.63, 3.8) is 0 Å². The Bertz CT molecular complexity index is 179. The summed E-state index contributed by atoms with van der Waals surface area (Å²) in [4.78, 5) is 2.19. The van der Waals surface area contributed by atoms with Gasteiger partial charge in [0.2, 0.25) is 0 Å². The largest absolute Gasteiger partial charge is 0.359 e. The van der Waals surface area contributed by atoms with Crippen molar-refractivity contribution in [2.45, 2.75) is 25.2 Å². The lowest BCUT2D eigenvalue weighted by Gasteiger charge is -2.38. The monoisotopic (exact) mass is 232 g/mol. The number of rotatable bonds is 7. The van der Waals surface area contributed by atoms with Crippen molar-refractivity contribution in [3.8, 4) is 0 Å². The molecule has 1 saturated heterocycles. The lowest BCUT2D eigenvalue weighted by atomic mass is 10.1. The topological polar surface area (TPSA) is 40.2 Å². The van der Waals surface area contributed by atoms with Crippen LogP contribution in [0.3, 0.4) is 0 Å². The van der Waals surface area contributed by atoms with Crippen LogP contribution < -0.4 is 0 Å². The molecule has 0 aromatic heterocycles. The Balaban J connectivity index is 2.35. The number of piperidine rings is 1. The van der Waals surface area contributed by atoms with Crippen LogP contribution in [0.4, 0.5) is 0 Å². The first-order valence-electron chi connectivity index (χ1n) is 5.56. The molecule has 1 aliphatic heterocycles. The number of nitrogens with zero attached hydrogens (tertiary/aromatic N) is 1. The summed E-state index contributed by atoms with van der Waals surface area (Å²) >= 11 is 0. The molecule has 1 heterocycles. The maximum Gasteiger partial charge on any atom is 0.148 e. The van der Waals surface area contributed by atoms with Gasteiger partial charge in [0.05, 0.1) is 6.10 Å². The zero-order valence-corrected chi connectivity index (χ0v) is 10.2. The average Bonchev–Trinajstić information content (AvgIpc) is 2.33. The lowest BCUT2D eigenvalue weighted by Crippen LogP contribution is -2.46. The van der Waals surface area contributed by atoms with Crippen LogP contribution in [-0.2, 0) is 18.9 Å². The number of hydrogen-bond donors (Lipinski definition) is 0. The fourth-order valence-corrected chi connectivity index (χ4v) is 1.84. The minimum Gasteiger partial charge on any atom is -0.359 e. The van der Waals surface area contributed by atoms with Crippen LogP contribution in [0.2, 0.25) is 0 Å². The molecule has 0 N–H and O–H groups in total. The minimum absolute atomic E-state index is 0.0352. The highest BCUT2D eigenvalue weighted by molar-refractivity contribution is 4.77. The number of ether oxygens (including phenoxy) is 4. The molecule has 0 amide bonds. The quantitative estimate of drug-likeness (QED) is 0.609. The summed E-state index contributed by atoms with van der Waals surface area (Å²) in [5.41, 5.74) is 0. The second kappa shape index (κ2) is 7.97. The molecule has 2 atom stereocenters. The van der Waals surface area contributed by atoms with Crippen molar-refractivity contribution in [3.05, 3.63) is 6.92 Å². The smallest absolute Gasteiger partial charge is 0.148 e. The van der Waals surface area contributed by atoms with Crippen molar-refractivity contribution >= 4 is 0 Å². The van der Waals surface area contributed by atoms with E-state index in [0.717, 1.165) is 25.9 Å². The van der Waals surface area contributed by atoms with E-state index < -0.39 is 0 Å². The van der Waals surface area contributed by atoms with Crippen molar-refractivity contribution in [1.29, 1.82) is 0 Å². The number of likely N-dealkylation sites (tertiary alicyclic amines) is 1. The van der Waals surface area contributed by atoms with E-state index in [0.29, 0.717) is 13.6 Å². The first-order chi connectivity index (χ1) is 7.81. The van der Waals surface area contributed by atoms with E-state index in [-0.39, 0.29) is 12.3 Å². The summed E-state index contributed by atoms with van der Waals surface area (Å²) < 4.78 is 21.0. The molecule has 16 heavy (non-hydrogen) atoms. The maximum absolute atomic E-state index is 5.59. The minimum atomic E-state index is 0.0352. The lowest BCUT2D eigenvalue weighted by molar-refractivity contribution is -0.176. The van der Waals surface area contributed by atoms with Gasteiger partial charge in [-0.25, -0.2) is 0 Å². The van der Waals surface area contributed by atoms with Crippen molar-refractivity contribution in [2.75, 3.05) is 40.9 Å². The molecule has 0 aromatic rings. The van der Waals surface area contributed by atoms with E-state index in [1.54, 1.807) is 14.2 Å². The van der Waals surface area contributed by atoms with Gasteiger partial charge in [-0.3, -0.25) is 4.90 Å². The molecule has 0 saturated carbocycles. The van der Waals surface area contributed by atoms with Gasteiger partial charge in [-0.15, -0.1) is 0 Å². The summed E-state index contributed by atoms with van der Waals surface area (Å²) in [6.07, 6.45) is 2.06. The normalized spacial score (nSPS) is 27.2. The molecule has 1 rings (SSSR count). The molecule has 5 heteroatoms. The van der Waals surface area contributed by atoms with Gasteiger partial charge in [0.15, 0.2) is 0 Å². The third kappa shape index (κ3) is 4.35. The van der Waals surface area contributed by atoms with Gasteiger partial charge in [-0.2, -0.15) is 0 Å². The summed E-state index contributed by atoms with van der Waals surface area (Å²) in [6.45, 7) is 6.22. The highest BCUT2D eigenvalue weighted by Crippen LogP contribution is 2.20. The molecule has 0 aliphatic carbocycles. The highest BCUT2D eigenvalue weighted by atomic mass is 16.7. The van der Waals surface area contributed by atoms with Crippen LogP contribution in [0.15, 0.2) is 0 Å². The van der Waals surface area contributed by atoms with E-state index in [1.165, 1.54) is 0 Å². The Kier molecular flexibility index (Phi) is 6.91. The zero-order chi connectivity index (χ0) is 11.8. The predicted molar refractivity (Wildman–Crippen MR) is 59.7 cm³/mol. The Morgan fingerprint density at radius 1 is 1.19 bits per heavy atom. The van der Waals surface area contributed by atoms with Crippen molar-refractivity contribution < 1.29 is 18.9 Å². The highest BCUT2D eigenvalue weighted by Gasteiger charge is 2.28. The fourth-order valence-electron chi connectivity index (χ4n) is 1.84. The van der Waals surface area contributed by atoms with Gasteiger partial charge in [0.1, 0.15) is 19.8 Å². The SMILES string of the molecule is [CH2]CN1CCC(OCOC)CC1OCOC. The summed E-state index contributed by atoms with van der Waals surface area (Å²) in [7, 11) is 3.25. The Labute approximate surface area is 97.6 Å². The third-order valence-electron chi connectivity index (χ3n) is 2.70. The van der Waals surface area contributed by atoms with E-state index in [4.69, 9.17) is 18.9 Å². The Hall–Kier alpha value is -0.200. The second-order valence-corrected chi connectivity index (χ2v) is 3.78. The summed E-state index contributed by atoms with van der Waals surface area (Å²) in [5.74, 6) is 0. The second-order valence-electron chi connectivity index (χ2n) is 3.78. The number of hydrogen-bond acceptors (Lipinski definition) is 5. The average molecular weight is 232 g/mol. The third-order valence-corrected chi connectivity index (χ3v) is 2.70. The molecule has 1 fully saturated rings. The molecule has 1 radical (unpaired) electrons. The molecule has 95 valence electrons.